The largest absolute Gasteiger partial charge is 0.573 e. The van der Waals surface area contributed by atoms with Gasteiger partial charge in [-0.05, 0) is 60.0 Å². The Labute approximate surface area is 200 Å². The third-order valence-electron chi connectivity index (χ3n) is 5.53. The molecule has 0 spiro atoms. The molecule has 1 aliphatic rings. The van der Waals surface area contributed by atoms with E-state index in [-0.39, 0.29) is 11.7 Å². The molecule has 0 unspecified atom stereocenters. The van der Waals surface area contributed by atoms with Crippen molar-refractivity contribution in [3.8, 4) is 16.9 Å². The zero-order valence-electron chi connectivity index (χ0n) is 18.3. The Bertz CT molecular complexity index is 1180. The van der Waals surface area contributed by atoms with Gasteiger partial charge in [0.2, 0.25) is 0 Å². The number of hydrogen-bond donors (Lipinski definition) is 1. The molecule has 1 fully saturated rings. The second kappa shape index (κ2) is 9.95. The van der Waals surface area contributed by atoms with Gasteiger partial charge >= 0.3 is 6.36 Å². The SMILES string of the molecule is Cc1c(C(=O)Nc2ccc(N3CCOCC3)c(Cl)c2)cccc1-c1ccc(OC(F)(F)F)cc1. The highest BCUT2D eigenvalue weighted by molar-refractivity contribution is 6.33. The first kappa shape index (κ1) is 23.9. The van der Waals surface area contributed by atoms with Gasteiger partial charge in [-0.2, -0.15) is 0 Å². The minimum Gasteiger partial charge on any atom is -0.406 e. The number of alkyl halides is 3. The molecule has 9 heteroatoms. The molecule has 0 aliphatic carbocycles. The van der Waals surface area contributed by atoms with Gasteiger partial charge < -0.3 is 19.7 Å². The predicted octanol–water partition coefficient (Wildman–Crippen LogP) is 6.30. The van der Waals surface area contributed by atoms with E-state index in [2.05, 4.69) is 15.0 Å². The lowest BCUT2D eigenvalue weighted by Crippen LogP contribution is -2.36. The number of nitrogens with zero attached hydrogens (tertiary/aromatic N) is 1. The van der Waals surface area contributed by atoms with Crippen LogP contribution < -0.4 is 15.0 Å². The van der Waals surface area contributed by atoms with Gasteiger partial charge in [0.05, 0.1) is 23.9 Å². The van der Waals surface area contributed by atoms with Crippen molar-refractivity contribution < 1.29 is 27.4 Å². The average Bonchev–Trinajstić information content (AvgIpc) is 2.79. The number of halogens is 4. The Morgan fingerprint density at radius 1 is 1.06 bits per heavy atom. The van der Waals surface area contributed by atoms with Crippen molar-refractivity contribution in [2.75, 3.05) is 36.5 Å². The third kappa shape index (κ3) is 5.63. The molecule has 3 aromatic carbocycles. The maximum atomic E-state index is 13.0. The predicted molar refractivity (Wildman–Crippen MR) is 126 cm³/mol. The molecule has 0 atom stereocenters. The topological polar surface area (TPSA) is 50.8 Å². The van der Waals surface area contributed by atoms with Crippen LogP contribution in [0.2, 0.25) is 5.02 Å². The molecular weight excluding hydrogens is 469 g/mol. The summed E-state index contributed by atoms with van der Waals surface area (Å²) in [7, 11) is 0. The Kier molecular flexibility index (Phi) is 7.00. The van der Waals surface area contributed by atoms with E-state index >= 15 is 0 Å². The standard InChI is InChI=1S/C25H22ClF3N2O3/c1-16-20(17-5-8-19(9-6-17)34-25(27,28)29)3-2-4-21(16)24(32)30-18-7-10-23(22(26)15-18)31-11-13-33-14-12-31/h2-10,15H,11-14H2,1H3,(H,30,32). The Balaban J connectivity index is 1.51. The van der Waals surface area contributed by atoms with Crippen molar-refractivity contribution in [3.63, 3.8) is 0 Å². The number of morpholine rings is 1. The van der Waals surface area contributed by atoms with Crippen molar-refractivity contribution in [2.24, 2.45) is 0 Å². The lowest BCUT2D eigenvalue weighted by molar-refractivity contribution is -0.274. The summed E-state index contributed by atoms with van der Waals surface area (Å²) in [5.74, 6) is -0.619. The molecule has 0 radical (unpaired) electrons. The fourth-order valence-electron chi connectivity index (χ4n) is 3.87. The van der Waals surface area contributed by atoms with E-state index in [0.717, 1.165) is 24.3 Å². The zero-order valence-corrected chi connectivity index (χ0v) is 19.0. The number of carbonyl (C=O) groups is 1. The van der Waals surface area contributed by atoms with Crippen LogP contribution in [0.1, 0.15) is 15.9 Å². The number of carbonyl (C=O) groups excluding carboxylic acids is 1. The fourth-order valence-corrected chi connectivity index (χ4v) is 4.17. The molecule has 0 saturated carbocycles. The van der Waals surface area contributed by atoms with E-state index in [4.69, 9.17) is 16.3 Å². The highest BCUT2D eigenvalue weighted by atomic mass is 35.5. The van der Waals surface area contributed by atoms with Gasteiger partial charge in [0, 0.05) is 24.3 Å². The van der Waals surface area contributed by atoms with Gasteiger partial charge in [-0.15, -0.1) is 13.2 Å². The van der Waals surface area contributed by atoms with Gasteiger partial charge in [-0.25, -0.2) is 0 Å². The highest BCUT2D eigenvalue weighted by Gasteiger charge is 2.31. The molecule has 1 aliphatic heterocycles. The molecule has 1 amide bonds. The summed E-state index contributed by atoms with van der Waals surface area (Å²) in [4.78, 5) is 15.1. The van der Waals surface area contributed by atoms with E-state index in [0.29, 0.717) is 40.6 Å². The summed E-state index contributed by atoms with van der Waals surface area (Å²) >= 11 is 6.47. The summed E-state index contributed by atoms with van der Waals surface area (Å²) in [6.45, 7) is 4.57. The van der Waals surface area contributed by atoms with Gasteiger partial charge in [-0.3, -0.25) is 4.79 Å². The molecule has 5 nitrogen and oxygen atoms in total. The smallest absolute Gasteiger partial charge is 0.406 e. The summed E-state index contributed by atoms with van der Waals surface area (Å²) in [5, 5.41) is 3.41. The number of benzene rings is 3. The molecule has 1 saturated heterocycles. The van der Waals surface area contributed by atoms with Crippen LogP contribution in [-0.4, -0.2) is 38.6 Å². The first-order valence-corrected chi connectivity index (χ1v) is 11.0. The molecule has 0 aromatic heterocycles. The third-order valence-corrected chi connectivity index (χ3v) is 5.84. The van der Waals surface area contributed by atoms with E-state index in [1.54, 1.807) is 37.3 Å². The number of hydrogen-bond acceptors (Lipinski definition) is 4. The average molecular weight is 491 g/mol. The van der Waals surface area contributed by atoms with Gasteiger partial charge in [-0.1, -0.05) is 35.9 Å². The van der Waals surface area contributed by atoms with Gasteiger partial charge in [0.25, 0.3) is 5.91 Å². The van der Waals surface area contributed by atoms with E-state index < -0.39 is 6.36 Å². The second-order valence-corrected chi connectivity index (χ2v) is 8.18. The molecule has 1 heterocycles. The number of rotatable bonds is 5. The van der Waals surface area contributed by atoms with Crippen molar-refractivity contribution in [1.82, 2.24) is 0 Å². The Morgan fingerprint density at radius 3 is 2.41 bits per heavy atom. The maximum Gasteiger partial charge on any atom is 0.573 e. The van der Waals surface area contributed by atoms with Crippen LogP contribution in [0, 0.1) is 6.92 Å². The molecule has 178 valence electrons. The summed E-state index contributed by atoms with van der Waals surface area (Å²) in [6.07, 6.45) is -4.75. The fraction of sp³-hybridized carbons (Fsp3) is 0.240. The Morgan fingerprint density at radius 2 is 1.76 bits per heavy atom. The molecule has 34 heavy (non-hydrogen) atoms. The zero-order chi connectivity index (χ0) is 24.3. The minimum absolute atomic E-state index is 0.305. The highest BCUT2D eigenvalue weighted by Crippen LogP contribution is 2.32. The number of ether oxygens (including phenoxy) is 2. The van der Waals surface area contributed by atoms with Crippen LogP contribution in [0.25, 0.3) is 11.1 Å². The molecule has 4 rings (SSSR count). The van der Waals surface area contributed by atoms with Crippen LogP contribution in [0.3, 0.4) is 0 Å². The van der Waals surface area contributed by atoms with E-state index in [9.17, 15) is 18.0 Å². The Hall–Kier alpha value is -3.23. The quantitative estimate of drug-likeness (QED) is 0.456. The van der Waals surface area contributed by atoms with E-state index in [1.807, 2.05) is 6.07 Å². The molecule has 0 bridgehead atoms. The first-order chi connectivity index (χ1) is 16.2. The van der Waals surface area contributed by atoms with Crippen molar-refractivity contribution in [2.45, 2.75) is 13.3 Å². The van der Waals surface area contributed by atoms with Gasteiger partial charge in [0.1, 0.15) is 5.75 Å². The van der Waals surface area contributed by atoms with Gasteiger partial charge in [0.15, 0.2) is 0 Å². The monoisotopic (exact) mass is 490 g/mol. The van der Waals surface area contributed by atoms with Crippen LogP contribution in [0.4, 0.5) is 24.5 Å². The lowest BCUT2D eigenvalue weighted by Gasteiger charge is -2.29. The second-order valence-electron chi connectivity index (χ2n) is 7.77. The molecule has 1 N–H and O–H groups in total. The first-order valence-electron chi connectivity index (χ1n) is 10.6. The summed E-state index contributed by atoms with van der Waals surface area (Å²) in [5.41, 5.74) is 3.98. The van der Waals surface area contributed by atoms with Crippen LogP contribution in [0.15, 0.2) is 60.7 Å². The lowest BCUT2D eigenvalue weighted by atomic mass is 9.96. The summed E-state index contributed by atoms with van der Waals surface area (Å²) in [6, 6.07) is 16.1. The normalized spacial score (nSPS) is 14.1. The van der Waals surface area contributed by atoms with Crippen molar-refractivity contribution >= 4 is 28.9 Å². The van der Waals surface area contributed by atoms with Crippen LogP contribution in [-0.2, 0) is 4.74 Å². The van der Waals surface area contributed by atoms with Crippen molar-refractivity contribution in [1.29, 1.82) is 0 Å². The number of nitrogens with one attached hydrogen (secondary N) is 1. The van der Waals surface area contributed by atoms with Crippen LogP contribution in [0.5, 0.6) is 5.75 Å². The molecular formula is C25H22ClF3N2O3. The number of anilines is 2. The minimum atomic E-state index is -4.75. The van der Waals surface area contributed by atoms with Crippen LogP contribution >= 0.6 is 11.6 Å². The van der Waals surface area contributed by atoms with Crippen molar-refractivity contribution in [3.05, 3.63) is 76.8 Å². The maximum absolute atomic E-state index is 13.0. The number of amides is 1. The summed E-state index contributed by atoms with van der Waals surface area (Å²) < 4.78 is 46.5. The molecule has 3 aromatic rings. The van der Waals surface area contributed by atoms with E-state index in [1.165, 1.54) is 24.3 Å².